The predicted octanol–water partition coefficient (Wildman–Crippen LogP) is 1.16. The van der Waals surface area contributed by atoms with Crippen molar-refractivity contribution < 1.29 is 19.4 Å². The molecule has 0 N–H and O–H groups in total. The molecule has 0 aromatic rings. The first-order valence-electron chi connectivity index (χ1n) is 4.18. The summed E-state index contributed by atoms with van der Waals surface area (Å²) in [6, 6.07) is 0. The molecule has 0 unspecified atom stereocenters. The molecule has 0 atom stereocenters. The number of rotatable bonds is 5. The summed E-state index contributed by atoms with van der Waals surface area (Å²) in [5.74, 6) is -0.523. The zero-order chi connectivity index (χ0) is 9.68. The predicted molar refractivity (Wildman–Crippen MR) is 44.7 cm³/mol. The molecule has 0 spiro atoms. The molecule has 0 amide bonds. The van der Waals surface area contributed by atoms with Crippen molar-refractivity contribution in [3.05, 3.63) is 11.6 Å². The highest BCUT2D eigenvalue weighted by Crippen LogP contribution is 2.27. The molecule has 0 heterocycles. The Balaban J connectivity index is 2.14. The Labute approximate surface area is 76.4 Å². The number of hydrogen-bond donors (Lipinski definition) is 0. The van der Waals surface area contributed by atoms with Gasteiger partial charge in [-0.25, -0.2) is 4.79 Å². The van der Waals surface area contributed by atoms with Gasteiger partial charge in [0.2, 0.25) is 0 Å². The largest absolute Gasteiger partial charge is 0.342 e. The second-order valence-corrected chi connectivity index (χ2v) is 2.89. The Morgan fingerprint density at radius 1 is 1.38 bits per heavy atom. The summed E-state index contributed by atoms with van der Waals surface area (Å²) >= 11 is 0. The average molecular weight is 184 g/mol. The van der Waals surface area contributed by atoms with Crippen LogP contribution in [0.2, 0.25) is 0 Å². The van der Waals surface area contributed by atoms with Crippen LogP contribution in [0.1, 0.15) is 25.7 Å². The molecule has 4 nitrogen and oxygen atoms in total. The van der Waals surface area contributed by atoms with Crippen LogP contribution in [0.3, 0.4) is 0 Å². The monoisotopic (exact) mass is 184 g/mol. The normalized spacial score (nSPS) is 13.8. The zero-order valence-corrected chi connectivity index (χ0v) is 7.54. The van der Waals surface area contributed by atoms with E-state index in [1.807, 2.05) is 0 Å². The maximum Gasteiger partial charge on any atom is 0.342 e. The number of ketones is 1. The molecule has 0 aliphatic heterocycles. The first kappa shape index (κ1) is 9.92. The minimum absolute atomic E-state index is 0.0134. The summed E-state index contributed by atoms with van der Waals surface area (Å²) in [6.07, 6.45) is 3.94. The van der Waals surface area contributed by atoms with Crippen LogP contribution in [0.25, 0.3) is 0 Å². The topological polar surface area (TPSA) is 52.6 Å². The van der Waals surface area contributed by atoms with Gasteiger partial charge >= 0.3 is 5.97 Å². The van der Waals surface area contributed by atoms with E-state index >= 15 is 0 Å². The highest BCUT2D eigenvalue weighted by atomic mass is 17.2. The third-order valence-electron chi connectivity index (χ3n) is 1.66. The maximum absolute atomic E-state index is 11.1. The van der Waals surface area contributed by atoms with E-state index in [-0.39, 0.29) is 18.6 Å². The molecule has 4 heteroatoms. The fraction of sp³-hybridized carbons (Fsp3) is 0.556. The molecule has 13 heavy (non-hydrogen) atoms. The van der Waals surface area contributed by atoms with E-state index < -0.39 is 5.97 Å². The third kappa shape index (κ3) is 4.42. The summed E-state index contributed by atoms with van der Waals surface area (Å²) in [6.45, 7) is 0. The van der Waals surface area contributed by atoms with Crippen molar-refractivity contribution in [3.8, 4) is 0 Å². The van der Waals surface area contributed by atoms with Gasteiger partial charge < -0.3 is 0 Å². The first-order valence-corrected chi connectivity index (χ1v) is 4.18. The molecule has 1 rings (SSSR count). The summed E-state index contributed by atoms with van der Waals surface area (Å²) in [7, 11) is 1.26. The highest BCUT2D eigenvalue weighted by Gasteiger charge is 2.13. The molecule has 1 saturated carbocycles. The summed E-state index contributed by atoms with van der Waals surface area (Å²) in [4.78, 5) is 30.2. The fourth-order valence-electron chi connectivity index (χ4n) is 0.876. The minimum atomic E-state index is -0.509. The van der Waals surface area contributed by atoms with Crippen molar-refractivity contribution in [2.45, 2.75) is 25.7 Å². The lowest BCUT2D eigenvalue weighted by atomic mass is 10.2. The van der Waals surface area contributed by atoms with Crippen LogP contribution >= 0.6 is 0 Å². The molecule has 1 aliphatic rings. The molecule has 72 valence electrons. The van der Waals surface area contributed by atoms with E-state index in [2.05, 4.69) is 9.78 Å². The van der Waals surface area contributed by atoms with E-state index in [4.69, 9.17) is 0 Å². The number of carbonyl (C=O) groups is 2. The van der Waals surface area contributed by atoms with Crippen molar-refractivity contribution in [3.63, 3.8) is 0 Å². The quantitative estimate of drug-likeness (QED) is 0.365. The lowest BCUT2D eigenvalue weighted by molar-refractivity contribution is -0.254. The zero-order valence-electron chi connectivity index (χ0n) is 7.54. The van der Waals surface area contributed by atoms with Crippen molar-refractivity contribution in [1.82, 2.24) is 0 Å². The standard InChI is InChI=1S/C9H12O4/c1-12-13-9(11)5-4-8(10)6-7-2-3-7/h6H,2-5H2,1H3. The van der Waals surface area contributed by atoms with Crippen molar-refractivity contribution in [2.24, 2.45) is 0 Å². The van der Waals surface area contributed by atoms with Gasteiger partial charge in [0.1, 0.15) is 0 Å². The van der Waals surface area contributed by atoms with Gasteiger partial charge in [-0.3, -0.25) is 9.68 Å². The molecule has 0 radical (unpaired) electrons. The van der Waals surface area contributed by atoms with Crippen molar-refractivity contribution in [2.75, 3.05) is 7.11 Å². The third-order valence-corrected chi connectivity index (χ3v) is 1.66. The average Bonchev–Trinajstić information content (AvgIpc) is 2.85. The molecule has 1 fully saturated rings. The Kier molecular flexibility index (Phi) is 3.64. The molecular formula is C9H12O4. The lowest BCUT2D eigenvalue weighted by Gasteiger charge is -1.96. The number of allylic oxidation sites excluding steroid dienone is 2. The molecule has 0 aromatic carbocycles. The molecule has 0 bridgehead atoms. The Bertz CT molecular complexity index is 236. The van der Waals surface area contributed by atoms with Crippen LogP contribution < -0.4 is 0 Å². The molecule has 0 aromatic heterocycles. The van der Waals surface area contributed by atoms with Gasteiger partial charge in [0.25, 0.3) is 0 Å². The van der Waals surface area contributed by atoms with Crippen LogP contribution in [0.5, 0.6) is 0 Å². The van der Waals surface area contributed by atoms with Crippen molar-refractivity contribution >= 4 is 11.8 Å². The second-order valence-electron chi connectivity index (χ2n) is 2.89. The van der Waals surface area contributed by atoms with Gasteiger partial charge in [-0.1, -0.05) is 5.57 Å². The fourth-order valence-corrected chi connectivity index (χ4v) is 0.876. The molecule has 0 saturated heterocycles. The van der Waals surface area contributed by atoms with Gasteiger partial charge in [0.15, 0.2) is 5.78 Å². The SMILES string of the molecule is COOC(=O)CCC(=O)C=C1CC1. The van der Waals surface area contributed by atoms with E-state index in [0.29, 0.717) is 0 Å². The molecule has 1 aliphatic carbocycles. The molecular weight excluding hydrogens is 172 g/mol. The van der Waals surface area contributed by atoms with E-state index in [1.54, 1.807) is 6.08 Å². The van der Waals surface area contributed by atoms with Gasteiger partial charge in [-0.2, -0.15) is 4.89 Å². The Morgan fingerprint density at radius 2 is 2.08 bits per heavy atom. The minimum Gasteiger partial charge on any atom is -0.299 e. The van der Waals surface area contributed by atoms with Gasteiger partial charge in [-0.15, -0.1) is 0 Å². The van der Waals surface area contributed by atoms with Crippen LogP contribution in [-0.4, -0.2) is 18.9 Å². The van der Waals surface area contributed by atoms with E-state index in [1.165, 1.54) is 12.7 Å². The number of hydrogen-bond acceptors (Lipinski definition) is 4. The Hall–Kier alpha value is -1.16. The van der Waals surface area contributed by atoms with Gasteiger partial charge in [-0.05, 0) is 18.9 Å². The smallest absolute Gasteiger partial charge is 0.299 e. The van der Waals surface area contributed by atoms with Crippen LogP contribution in [0, 0.1) is 0 Å². The second kappa shape index (κ2) is 4.77. The van der Waals surface area contributed by atoms with Crippen LogP contribution in [0.15, 0.2) is 11.6 Å². The van der Waals surface area contributed by atoms with E-state index in [0.717, 1.165) is 12.8 Å². The van der Waals surface area contributed by atoms with Gasteiger partial charge in [0.05, 0.1) is 13.5 Å². The maximum atomic E-state index is 11.1. The first-order chi connectivity index (χ1) is 6.22. The van der Waals surface area contributed by atoms with Crippen LogP contribution in [0.4, 0.5) is 0 Å². The van der Waals surface area contributed by atoms with Crippen LogP contribution in [-0.2, 0) is 19.4 Å². The van der Waals surface area contributed by atoms with Gasteiger partial charge in [0, 0.05) is 6.42 Å². The summed E-state index contributed by atoms with van der Waals surface area (Å²) in [5.41, 5.74) is 1.17. The van der Waals surface area contributed by atoms with E-state index in [9.17, 15) is 9.59 Å². The Morgan fingerprint density at radius 3 is 2.62 bits per heavy atom. The highest BCUT2D eigenvalue weighted by molar-refractivity contribution is 5.92. The summed E-state index contributed by atoms with van der Waals surface area (Å²) < 4.78 is 0. The lowest BCUT2D eigenvalue weighted by Crippen LogP contribution is -2.05. The number of carbonyl (C=O) groups excluding carboxylic acids is 2. The van der Waals surface area contributed by atoms with Crippen molar-refractivity contribution in [1.29, 1.82) is 0 Å². The summed E-state index contributed by atoms with van der Waals surface area (Å²) in [5, 5.41) is 0.